The van der Waals surface area contributed by atoms with E-state index in [4.69, 9.17) is 19.4 Å². The Morgan fingerprint density at radius 2 is 1.76 bits per heavy atom. The number of carboxylic acid groups (broad SMARTS) is 1. The molecule has 2 aliphatic rings. The van der Waals surface area contributed by atoms with Crippen molar-refractivity contribution >= 4 is 11.9 Å². The molecule has 2 aromatic heterocycles. The van der Waals surface area contributed by atoms with Crippen LogP contribution in [0.1, 0.15) is 29.9 Å². The third-order valence-corrected chi connectivity index (χ3v) is 5.45. The second-order valence-corrected chi connectivity index (χ2v) is 7.78. The molecule has 4 heterocycles. The third kappa shape index (κ3) is 6.85. The van der Waals surface area contributed by atoms with Crippen molar-refractivity contribution in [2.45, 2.75) is 31.5 Å². The molecule has 9 nitrogen and oxygen atoms in total. The Morgan fingerprint density at radius 1 is 1.12 bits per heavy atom. The number of halogens is 3. The van der Waals surface area contributed by atoms with Crippen molar-refractivity contribution in [3.8, 4) is 5.88 Å². The minimum atomic E-state index is -5.08. The van der Waals surface area contributed by atoms with Gasteiger partial charge in [0, 0.05) is 37.7 Å². The number of hydrogen-bond acceptors (Lipinski definition) is 7. The van der Waals surface area contributed by atoms with Crippen LogP contribution in [0.5, 0.6) is 5.88 Å². The fourth-order valence-corrected chi connectivity index (χ4v) is 3.70. The van der Waals surface area contributed by atoms with E-state index in [0.717, 1.165) is 25.9 Å². The maximum absolute atomic E-state index is 12.5. The van der Waals surface area contributed by atoms with Crippen LogP contribution < -0.4 is 4.74 Å². The standard InChI is InChI=1S/C19H22N4O3.C2HF3O2/c24-18(17-21-8-3-9-22-17)23-10-5-19(6-11-23)12-15(26-14-19)13-25-16-4-1-2-7-20-16;3-2(4,5)1(6)7/h1-4,7-9,15H,5-6,10-14H2;(H,6,7). The van der Waals surface area contributed by atoms with Gasteiger partial charge in [-0.1, -0.05) is 6.07 Å². The van der Waals surface area contributed by atoms with Gasteiger partial charge >= 0.3 is 12.1 Å². The molecular weight excluding hydrogens is 445 g/mol. The highest BCUT2D eigenvalue weighted by atomic mass is 19.4. The summed E-state index contributed by atoms with van der Waals surface area (Å²) in [6.07, 6.45) is 2.75. The molecule has 2 saturated heterocycles. The number of aromatic nitrogens is 3. The highest BCUT2D eigenvalue weighted by molar-refractivity contribution is 5.90. The molecular formula is C21H23F3N4O5. The van der Waals surface area contributed by atoms with Gasteiger partial charge in [0.05, 0.1) is 12.7 Å². The van der Waals surface area contributed by atoms with Gasteiger partial charge in [0.1, 0.15) is 6.61 Å². The lowest BCUT2D eigenvalue weighted by atomic mass is 9.76. The molecule has 4 rings (SSSR count). The molecule has 1 N–H and O–H groups in total. The summed E-state index contributed by atoms with van der Waals surface area (Å²) < 4.78 is 43.4. The second-order valence-electron chi connectivity index (χ2n) is 7.78. The molecule has 1 unspecified atom stereocenters. The lowest BCUT2D eigenvalue weighted by molar-refractivity contribution is -0.192. The van der Waals surface area contributed by atoms with Crippen LogP contribution in [0.2, 0.25) is 0 Å². The molecule has 0 bridgehead atoms. The first-order valence-electron chi connectivity index (χ1n) is 10.2. The van der Waals surface area contributed by atoms with Crippen molar-refractivity contribution in [3.05, 3.63) is 48.7 Å². The van der Waals surface area contributed by atoms with Crippen molar-refractivity contribution in [1.82, 2.24) is 19.9 Å². The number of ether oxygens (including phenoxy) is 2. The van der Waals surface area contributed by atoms with Crippen molar-refractivity contribution in [2.75, 3.05) is 26.3 Å². The Morgan fingerprint density at radius 3 is 2.33 bits per heavy atom. The van der Waals surface area contributed by atoms with Gasteiger partial charge in [-0.05, 0) is 36.8 Å². The summed E-state index contributed by atoms with van der Waals surface area (Å²) in [5.74, 6) is -1.95. The lowest BCUT2D eigenvalue weighted by Gasteiger charge is -2.38. The van der Waals surface area contributed by atoms with Crippen LogP contribution in [0.25, 0.3) is 0 Å². The van der Waals surface area contributed by atoms with E-state index in [1.54, 1.807) is 24.7 Å². The molecule has 33 heavy (non-hydrogen) atoms. The Labute approximate surface area is 187 Å². The van der Waals surface area contributed by atoms with E-state index in [9.17, 15) is 18.0 Å². The summed E-state index contributed by atoms with van der Waals surface area (Å²) in [5, 5.41) is 7.12. The predicted octanol–water partition coefficient (Wildman–Crippen LogP) is 2.60. The molecule has 1 atom stereocenters. The number of alkyl halides is 3. The Hall–Kier alpha value is -3.28. The van der Waals surface area contributed by atoms with Crippen LogP contribution >= 0.6 is 0 Å². The molecule has 2 aliphatic heterocycles. The number of aliphatic carboxylic acids is 1. The summed E-state index contributed by atoms with van der Waals surface area (Å²) in [5.41, 5.74) is 0.145. The van der Waals surface area contributed by atoms with Gasteiger partial charge in [-0.15, -0.1) is 0 Å². The van der Waals surface area contributed by atoms with Crippen molar-refractivity contribution in [3.63, 3.8) is 0 Å². The van der Waals surface area contributed by atoms with Crippen LogP contribution in [-0.2, 0) is 9.53 Å². The molecule has 0 saturated carbocycles. The van der Waals surface area contributed by atoms with Gasteiger partial charge in [0.25, 0.3) is 5.91 Å². The fraction of sp³-hybridized carbons (Fsp3) is 0.476. The van der Waals surface area contributed by atoms with Crippen LogP contribution in [0.15, 0.2) is 42.9 Å². The zero-order chi connectivity index (χ0) is 23.9. The average molecular weight is 468 g/mol. The average Bonchev–Trinajstić information content (AvgIpc) is 3.21. The molecule has 1 spiro atoms. The smallest absolute Gasteiger partial charge is 0.475 e. The molecule has 12 heteroatoms. The highest BCUT2D eigenvalue weighted by Gasteiger charge is 2.43. The van der Waals surface area contributed by atoms with E-state index in [1.807, 2.05) is 23.1 Å². The summed E-state index contributed by atoms with van der Waals surface area (Å²) in [7, 11) is 0. The normalized spacial score (nSPS) is 19.5. The number of carbonyl (C=O) groups excluding carboxylic acids is 1. The van der Waals surface area contributed by atoms with Gasteiger partial charge in [-0.25, -0.2) is 19.7 Å². The zero-order valence-electron chi connectivity index (χ0n) is 17.6. The monoisotopic (exact) mass is 468 g/mol. The first kappa shape index (κ1) is 24.4. The summed E-state index contributed by atoms with van der Waals surface area (Å²) in [6.45, 7) is 2.68. The van der Waals surface area contributed by atoms with Crippen LogP contribution in [0, 0.1) is 5.41 Å². The van der Waals surface area contributed by atoms with Gasteiger partial charge in [0.2, 0.25) is 11.7 Å². The maximum Gasteiger partial charge on any atom is 0.490 e. The molecule has 0 aliphatic carbocycles. The first-order chi connectivity index (χ1) is 15.7. The van der Waals surface area contributed by atoms with Gasteiger partial charge in [0.15, 0.2) is 0 Å². The number of carboxylic acids is 1. The van der Waals surface area contributed by atoms with Crippen LogP contribution in [0.4, 0.5) is 13.2 Å². The van der Waals surface area contributed by atoms with Crippen molar-refractivity contribution in [1.29, 1.82) is 0 Å². The second kappa shape index (κ2) is 10.6. The van der Waals surface area contributed by atoms with Gasteiger partial charge in [-0.2, -0.15) is 13.2 Å². The van der Waals surface area contributed by atoms with E-state index in [0.29, 0.717) is 25.6 Å². The van der Waals surface area contributed by atoms with Crippen LogP contribution in [0.3, 0.4) is 0 Å². The predicted molar refractivity (Wildman–Crippen MR) is 107 cm³/mol. The minimum Gasteiger partial charge on any atom is -0.475 e. The molecule has 2 aromatic rings. The SMILES string of the molecule is O=C(O)C(F)(F)F.O=C(c1ncccn1)N1CCC2(CC1)COC(COc1ccccn1)C2. The number of piperidine rings is 1. The van der Waals surface area contributed by atoms with E-state index < -0.39 is 12.1 Å². The number of nitrogens with zero attached hydrogens (tertiary/aromatic N) is 4. The largest absolute Gasteiger partial charge is 0.490 e. The zero-order valence-corrected chi connectivity index (χ0v) is 17.6. The molecule has 2 fully saturated rings. The first-order valence-corrected chi connectivity index (χ1v) is 10.2. The summed E-state index contributed by atoms with van der Waals surface area (Å²) in [4.78, 5) is 35.5. The fourth-order valence-electron chi connectivity index (χ4n) is 3.70. The van der Waals surface area contributed by atoms with Crippen molar-refractivity contribution in [2.24, 2.45) is 5.41 Å². The quantitative estimate of drug-likeness (QED) is 0.728. The minimum absolute atomic E-state index is 0.0803. The number of pyridine rings is 1. The molecule has 178 valence electrons. The van der Waals surface area contributed by atoms with Crippen LogP contribution in [-0.4, -0.2) is 75.4 Å². The Kier molecular flexibility index (Phi) is 7.79. The summed E-state index contributed by atoms with van der Waals surface area (Å²) in [6, 6.07) is 7.33. The molecule has 0 radical (unpaired) electrons. The van der Waals surface area contributed by atoms with E-state index in [1.165, 1.54) is 0 Å². The molecule has 0 aromatic carbocycles. The number of hydrogen-bond donors (Lipinski definition) is 1. The lowest BCUT2D eigenvalue weighted by Crippen LogP contribution is -2.44. The number of carbonyl (C=O) groups is 2. The van der Waals surface area contributed by atoms with Gasteiger partial charge < -0.3 is 19.5 Å². The van der Waals surface area contributed by atoms with E-state index >= 15 is 0 Å². The number of rotatable bonds is 4. The van der Waals surface area contributed by atoms with Crippen molar-refractivity contribution < 1.29 is 37.3 Å². The molecule has 1 amide bonds. The maximum atomic E-state index is 12.5. The topological polar surface area (TPSA) is 115 Å². The number of likely N-dealkylation sites (tertiary alicyclic amines) is 1. The third-order valence-electron chi connectivity index (χ3n) is 5.45. The van der Waals surface area contributed by atoms with E-state index in [2.05, 4.69) is 15.0 Å². The Balaban J connectivity index is 0.000000383. The Bertz CT molecular complexity index is 923. The highest BCUT2D eigenvalue weighted by Crippen LogP contribution is 2.42. The van der Waals surface area contributed by atoms with E-state index in [-0.39, 0.29) is 23.3 Å². The van der Waals surface area contributed by atoms with Gasteiger partial charge in [-0.3, -0.25) is 4.79 Å². The number of amides is 1. The summed E-state index contributed by atoms with van der Waals surface area (Å²) >= 11 is 0.